The van der Waals surface area contributed by atoms with Crippen LogP contribution in [0.2, 0.25) is 5.02 Å². The number of carbonyl (C=O) groups is 1. The van der Waals surface area contributed by atoms with Gasteiger partial charge in [0.15, 0.2) is 0 Å². The summed E-state index contributed by atoms with van der Waals surface area (Å²) in [6.45, 7) is 2.56. The lowest BCUT2D eigenvalue weighted by Gasteiger charge is -2.16. The lowest BCUT2D eigenvalue weighted by atomic mass is 10.0. The van der Waals surface area contributed by atoms with Crippen molar-refractivity contribution in [3.63, 3.8) is 0 Å². The van der Waals surface area contributed by atoms with Gasteiger partial charge < -0.3 is 15.8 Å². The Kier molecular flexibility index (Phi) is 3.73. The van der Waals surface area contributed by atoms with Gasteiger partial charge in [-0.2, -0.15) is 0 Å². The Bertz CT molecular complexity index is 1020. The van der Waals surface area contributed by atoms with Crippen molar-refractivity contribution in [2.75, 3.05) is 11.9 Å². The smallest absolute Gasteiger partial charge is 0.252 e. The molecule has 2 aromatic carbocycles. The van der Waals surface area contributed by atoms with E-state index in [1.807, 2.05) is 31.2 Å². The minimum Gasteiger partial charge on any atom is -0.493 e. The number of pyridine rings is 1. The third-order valence-electron chi connectivity index (χ3n) is 4.49. The van der Waals surface area contributed by atoms with Crippen molar-refractivity contribution in [2.24, 2.45) is 5.73 Å². The van der Waals surface area contributed by atoms with Gasteiger partial charge in [-0.1, -0.05) is 17.7 Å². The minimum absolute atomic E-state index is 0.339. The number of ether oxygens (including phenoxy) is 1. The van der Waals surface area contributed by atoms with Gasteiger partial charge in [0.2, 0.25) is 0 Å². The number of rotatable bonds is 3. The molecule has 1 amide bonds. The first-order valence-corrected chi connectivity index (χ1v) is 8.33. The zero-order valence-electron chi connectivity index (χ0n) is 13.6. The highest BCUT2D eigenvalue weighted by Crippen LogP contribution is 2.37. The molecule has 0 saturated heterocycles. The van der Waals surface area contributed by atoms with Gasteiger partial charge in [0, 0.05) is 34.3 Å². The van der Waals surface area contributed by atoms with E-state index in [1.165, 1.54) is 6.20 Å². The fourth-order valence-electron chi connectivity index (χ4n) is 3.18. The second kappa shape index (κ2) is 5.93. The highest BCUT2D eigenvalue weighted by atomic mass is 35.5. The zero-order valence-corrected chi connectivity index (χ0v) is 14.4. The standard InChI is InChI=1S/C19H16ClN3O2/c1-10-14(20)6-5-12-17(10)22-9-13(19(21)24)18(12)23-15-3-2-4-16-11(15)7-8-25-16/h2-6,9H,7-8H2,1H3,(H2,21,24)(H,22,23). The molecule has 0 spiro atoms. The quantitative estimate of drug-likeness (QED) is 0.746. The van der Waals surface area contributed by atoms with Crippen molar-refractivity contribution >= 4 is 39.8 Å². The van der Waals surface area contributed by atoms with Gasteiger partial charge in [-0.25, -0.2) is 0 Å². The molecule has 3 N–H and O–H groups in total. The number of hydrogen-bond acceptors (Lipinski definition) is 4. The van der Waals surface area contributed by atoms with Gasteiger partial charge in [0.1, 0.15) is 5.75 Å². The number of nitrogens with two attached hydrogens (primary N) is 1. The van der Waals surface area contributed by atoms with Crippen molar-refractivity contribution in [3.8, 4) is 5.75 Å². The van der Waals surface area contributed by atoms with Crippen LogP contribution in [-0.4, -0.2) is 17.5 Å². The number of primary amides is 1. The summed E-state index contributed by atoms with van der Waals surface area (Å²) in [4.78, 5) is 16.3. The molecule has 0 fully saturated rings. The third-order valence-corrected chi connectivity index (χ3v) is 4.90. The first kappa shape index (κ1) is 15.7. The second-order valence-electron chi connectivity index (χ2n) is 5.99. The number of halogens is 1. The normalized spacial score (nSPS) is 12.7. The number of carbonyl (C=O) groups excluding carboxylic acids is 1. The van der Waals surface area contributed by atoms with E-state index >= 15 is 0 Å². The first-order chi connectivity index (χ1) is 12.1. The number of nitrogens with zero attached hydrogens (tertiary/aromatic N) is 1. The lowest BCUT2D eigenvalue weighted by molar-refractivity contribution is 0.100. The second-order valence-corrected chi connectivity index (χ2v) is 6.39. The maximum atomic E-state index is 11.9. The number of amides is 1. The van der Waals surface area contributed by atoms with E-state index in [-0.39, 0.29) is 0 Å². The van der Waals surface area contributed by atoms with E-state index in [1.54, 1.807) is 6.07 Å². The van der Waals surface area contributed by atoms with E-state index in [0.717, 1.165) is 39.9 Å². The molecule has 1 aliphatic rings. The molecule has 0 aliphatic carbocycles. The van der Waals surface area contributed by atoms with E-state index in [9.17, 15) is 4.79 Å². The summed E-state index contributed by atoms with van der Waals surface area (Å²) in [7, 11) is 0. The van der Waals surface area contributed by atoms with E-state index in [4.69, 9.17) is 22.1 Å². The van der Waals surface area contributed by atoms with Crippen LogP contribution in [0.1, 0.15) is 21.5 Å². The van der Waals surface area contributed by atoms with E-state index in [2.05, 4.69) is 10.3 Å². The summed E-state index contributed by atoms with van der Waals surface area (Å²) < 4.78 is 5.62. The molecule has 0 radical (unpaired) electrons. The molecule has 0 bridgehead atoms. The summed E-state index contributed by atoms with van der Waals surface area (Å²) >= 11 is 6.21. The van der Waals surface area contributed by atoms with E-state index < -0.39 is 5.91 Å². The van der Waals surface area contributed by atoms with Crippen molar-refractivity contribution in [1.82, 2.24) is 4.98 Å². The summed E-state index contributed by atoms with van der Waals surface area (Å²) in [5.41, 5.74) is 10.1. The van der Waals surface area contributed by atoms with Crippen LogP contribution in [0, 0.1) is 6.92 Å². The van der Waals surface area contributed by atoms with Crippen LogP contribution < -0.4 is 15.8 Å². The number of nitrogens with one attached hydrogen (secondary N) is 1. The number of benzene rings is 2. The van der Waals surface area contributed by atoms with Crippen molar-refractivity contribution in [3.05, 3.63) is 58.2 Å². The molecule has 126 valence electrons. The van der Waals surface area contributed by atoms with Gasteiger partial charge in [-0.05, 0) is 36.8 Å². The van der Waals surface area contributed by atoms with Gasteiger partial charge in [0.05, 0.1) is 23.4 Å². The molecular formula is C19H16ClN3O2. The summed E-state index contributed by atoms with van der Waals surface area (Å²) in [6.07, 6.45) is 2.31. The molecule has 2 heterocycles. The minimum atomic E-state index is -0.534. The number of aromatic nitrogens is 1. The average molecular weight is 354 g/mol. The first-order valence-electron chi connectivity index (χ1n) is 7.95. The Hall–Kier alpha value is -2.79. The summed E-state index contributed by atoms with van der Waals surface area (Å²) in [6, 6.07) is 9.48. The zero-order chi connectivity index (χ0) is 17.6. The molecule has 4 rings (SSSR count). The molecule has 0 unspecified atom stereocenters. The maximum Gasteiger partial charge on any atom is 0.252 e. The summed E-state index contributed by atoms with van der Waals surface area (Å²) in [5.74, 6) is 0.330. The van der Waals surface area contributed by atoms with Crippen molar-refractivity contribution in [2.45, 2.75) is 13.3 Å². The number of aryl methyl sites for hydroxylation is 1. The molecule has 5 nitrogen and oxygen atoms in total. The van der Waals surface area contributed by atoms with Crippen LogP contribution in [0.5, 0.6) is 5.75 Å². The molecule has 0 saturated carbocycles. The predicted octanol–water partition coefficient (Wildman–Crippen LogP) is 3.97. The molecule has 1 aliphatic heterocycles. The van der Waals surface area contributed by atoms with Crippen LogP contribution in [0.4, 0.5) is 11.4 Å². The predicted molar refractivity (Wildman–Crippen MR) is 98.9 cm³/mol. The van der Waals surface area contributed by atoms with E-state index in [0.29, 0.717) is 22.9 Å². The van der Waals surface area contributed by atoms with Crippen LogP contribution in [-0.2, 0) is 6.42 Å². The fourth-order valence-corrected chi connectivity index (χ4v) is 3.33. The van der Waals surface area contributed by atoms with Gasteiger partial charge in [0.25, 0.3) is 5.91 Å². The highest BCUT2D eigenvalue weighted by molar-refractivity contribution is 6.32. The SMILES string of the molecule is Cc1c(Cl)ccc2c(Nc3cccc4c3CCO4)c(C(N)=O)cnc12. The number of fused-ring (bicyclic) bond motifs is 2. The van der Waals surface area contributed by atoms with Crippen LogP contribution in [0.3, 0.4) is 0 Å². The lowest BCUT2D eigenvalue weighted by Crippen LogP contribution is -2.14. The average Bonchev–Trinajstić information content (AvgIpc) is 3.08. The highest BCUT2D eigenvalue weighted by Gasteiger charge is 2.20. The monoisotopic (exact) mass is 353 g/mol. The Morgan fingerprint density at radius 3 is 2.96 bits per heavy atom. The van der Waals surface area contributed by atoms with Gasteiger partial charge >= 0.3 is 0 Å². The van der Waals surface area contributed by atoms with Gasteiger partial charge in [-0.3, -0.25) is 9.78 Å². The molecular weight excluding hydrogens is 338 g/mol. The van der Waals surface area contributed by atoms with Crippen LogP contribution >= 0.6 is 11.6 Å². The largest absolute Gasteiger partial charge is 0.493 e. The Morgan fingerprint density at radius 2 is 2.16 bits per heavy atom. The fraction of sp³-hybridized carbons (Fsp3) is 0.158. The summed E-state index contributed by atoms with van der Waals surface area (Å²) in [5, 5.41) is 4.81. The van der Waals surface area contributed by atoms with Crippen molar-refractivity contribution in [1.29, 1.82) is 0 Å². The molecule has 1 aromatic heterocycles. The number of anilines is 2. The van der Waals surface area contributed by atoms with Crippen LogP contribution in [0.25, 0.3) is 10.9 Å². The Labute approximate surface area is 149 Å². The Morgan fingerprint density at radius 1 is 1.32 bits per heavy atom. The molecule has 6 heteroatoms. The third kappa shape index (κ3) is 2.57. The Balaban J connectivity index is 1.94. The maximum absolute atomic E-state index is 11.9. The topological polar surface area (TPSA) is 77.2 Å². The van der Waals surface area contributed by atoms with Crippen molar-refractivity contribution < 1.29 is 9.53 Å². The molecule has 3 aromatic rings. The number of hydrogen-bond donors (Lipinski definition) is 2. The van der Waals surface area contributed by atoms with Gasteiger partial charge in [-0.15, -0.1) is 0 Å². The molecule has 0 atom stereocenters. The van der Waals surface area contributed by atoms with Crippen LogP contribution in [0.15, 0.2) is 36.5 Å². The molecule has 25 heavy (non-hydrogen) atoms.